The van der Waals surface area contributed by atoms with E-state index in [9.17, 15) is 4.79 Å². The number of pyridine rings is 1. The highest BCUT2D eigenvalue weighted by Gasteiger charge is 2.21. The standard InChI is InChI=1S/C25H24N6O2/c1-15-23-17(14-19(21-7-6-12-33-21)28-24(23)30(2)29-15)25(32)26-16-9-10-20-18(13-16)27-22-8-4-3-5-11-31(20)22/h6-7,9-10,12-14H,3-5,8,11H2,1-2H3,(H,26,32). The zero-order valence-electron chi connectivity index (χ0n) is 18.6. The predicted molar refractivity (Wildman–Crippen MR) is 126 cm³/mol. The number of carbonyl (C=O) groups excluding carboxylic acids is 1. The Morgan fingerprint density at radius 1 is 1.12 bits per heavy atom. The molecular formula is C25H24N6O2. The van der Waals surface area contributed by atoms with Crippen molar-refractivity contribution in [3.63, 3.8) is 0 Å². The second-order valence-corrected chi connectivity index (χ2v) is 8.59. The molecule has 1 aliphatic rings. The number of hydrogen-bond acceptors (Lipinski definition) is 5. The molecule has 0 saturated carbocycles. The van der Waals surface area contributed by atoms with Crippen LogP contribution in [0.25, 0.3) is 33.5 Å². The lowest BCUT2D eigenvalue weighted by Crippen LogP contribution is -2.13. The van der Waals surface area contributed by atoms with E-state index in [4.69, 9.17) is 9.40 Å². The molecule has 0 atom stereocenters. The van der Waals surface area contributed by atoms with Crippen molar-refractivity contribution in [3.8, 4) is 11.5 Å². The van der Waals surface area contributed by atoms with Gasteiger partial charge in [-0.1, -0.05) is 6.42 Å². The molecule has 1 N–H and O–H groups in total. The van der Waals surface area contributed by atoms with Gasteiger partial charge in [0.05, 0.1) is 33.9 Å². The third-order valence-corrected chi connectivity index (χ3v) is 6.35. The number of carbonyl (C=O) groups is 1. The van der Waals surface area contributed by atoms with Gasteiger partial charge in [-0.25, -0.2) is 9.97 Å². The first-order chi connectivity index (χ1) is 16.1. The number of rotatable bonds is 3. The number of nitrogens with one attached hydrogen (secondary N) is 1. The smallest absolute Gasteiger partial charge is 0.256 e. The Morgan fingerprint density at radius 3 is 2.88 bits per heavy atom. The summed E-state index contributed by atoms with van der Waals surface area (Å²) in [5.74, 6) is 1.52. The minimum Gasteiger partial charge on any atom is -0.463 e. The van der Waals surface area contributed by atoms with Crippen LogP contribution in [0.5, 0.6) is 0 Å². The van der Waals surface area contributed by atoms with E-state index in [-0.39, 0.29) is 5.91 Å². The minimum atomic E-state index is -0.216. The highest BCUT2D eigenvalue weighted by Crippen LogP contribution is 2.29. The van der Waals surface area contributed by atoms with Gasteiger partial charge in [-0.15, -0.1) is 0 Å². The lowest BCUT2D eigenvalue weighted by molar-refractivity contribution is 0.102. The van der Waals surface area contributed by atoms with Gasteiger partial charge >= 0.3 is 0 Å². The van der Waals surface area contributed by atoms with Crippen molar-refractivity contribution in [2.45, 2.75) is 39.2 Å². The van der Waals surface area contributed by atoms with Crippen LogP contribution in [-0.4, -0.2) is 30.2 Å². The molecule has 0 fully saturated rings. The number of imidazole rings is 1. The maximum Gasteiger partial charge on any atom is 0.256 e. The van der Waals surface area contributed by atoms with Crippen LogP contribution in [0.3, 0.4) is 0 Å². The van der Waals surface area contributed by atoms with Gasteiger partial charge in [0.25, 0.3) is 5.91 Å². The fourth-order valence-electron chi connectivity index (χ4n) is 4.80. The molecule has 33 heavy (non-hydrogen) atoms. The van der Waals surface area contributed by atoms with Crippen LogP contribution in [0.1, 0.15) is 41.1 Å². The Bertz CT molecular complexity index is 1510. The van der Waals surface area contributed by atoms with Crippen LogP contribution in [0.2, 0.25) is 0 Å². The Labute approximate surface area is 190 Å². The van der Waals surface area contributed by atoms with Gasteiger partial charge in [-0.2, -0.15) is 5.10 Å². The molecule has 166 valence electrons. The fraction of sp³-hybridized carbons (Fsp3) is 0.280. The highest BCUT2D eigenvalue weighted by molar-refractivity contribution is 6.13. The van der Waals surface area contributed by atoms with Crippen molar-refractivity contribution in [3.05, 3.63) is 59.7 Å². The van der Waals surface area contributed by atoms with E-state index in [1.165, 1.54) is 19.3 Å². The summed E-state index contributed by atoms with van der Waals surface area (Å²) in [6.45, 7) is 2.89. The van der Waals surface area contributed by atoms with Crippen molar-refractivity contribution in [1.82, 2.24) is 24.3 Å². The van der Waals surface area contributed by atoms with Gasteiger partial charge in [-0.3, -0.25) is 9.48 Å². The monoisotopic (exact) mass is 440 g/mol. The quantitative estimate of drug-likeness (QED) is 0.432. The molecule has 1 amide bonds. The average molecular weight is 441 g/mol. The molecule has 8 nitrogen and oxygen atoms in total. The summed E-state index contributed by atoms with van der Waals surface area (Å²) in [5, 5.41) is 8.28. The first-order valence-corrected chi connectivity index (χ1v) is 11.3. The second-order valence-electron chi connectivity index (χ2n) is 8.59. The van der Waals surface area contributed by atoms with Gasteiger partial charge in [0.15, 0.2) is 11.4 Å². The molecule has 0 bridgehead atoms. The molecule has 1 aromatic carbocycles. The van der Waals surface area contributed by atoms with Crippen molar-refractivity contribution >= 4 is 33.7 Å². The molecule has 6 rings (SSSR count). The van der Waals surface area contributed by atoms with Crippen LogP contribution in [-0.2, 0) is 20.0 Å². The zero-order valence-corrected chi connectivity index (χ0v) is 18.6. The number of anilines is 1. The third kappa shape index (κ3) is 3.29. The summed E-state index contributed by atoms with van der Waals surface area (Å²) < 4.78 is 9.54. The van der Waals surface area contributed by atoms with Crippen LogP contribution in [0.15, 0.2) is 47.1 Å². The van der Waals surface area contributed by atoms with Crippen molar-refractivity contribution in [2.24, 2.45) is 7.05 Å². The minimum absolute atomic E-state index is 0.216. The van der Waals surface area contributed by atoms with Gasteiger partial charge in [0, 0.05) is 25.7 Å². The zero-order chi connectivity index (χ0) is 22.5. The van der Waals surface area contributed by atoms with Gasteiger partial charge < -0.3 is 14.3 Å². The average Bonchev–Trinajstić information content (AvgIpc) is 3.48. The number of fused-ring (bicyclic) bond motifs is 4. The number of amides is 1. The largest absolute Gasteiger partial charge is 0.463 e. The summed E-state index contributed by atoms with van der Waals surface area (Å²) in [6, 6.07) is 11.4. The van der Waals surface area contributed by atoms with Crippen LogP contribution >= 0.6 is 0 Å². The number of furan rings is 1. The van der Waals surface area contributed by atoms with E-state index < -0.39 is 0 Å². The van der Waals surface area contributed by atoms with Gasteiger partial charge in [0.1, 0.15) is 11.5 Å². The van der Waals surface area contributed by atoms with Gasteiger partial charge in [-0.05, 0) is 56.2 Å². The van der Waals surface area contributed by atoms with Crippen molar-refractivity contribution in [1.29, 1.82) is 0 Å². The van der Waals surface area contributed by atoms with Gasteiger partial charge in [0.2, 0.25) is 0 Å². The summed E-state index contributed by atoms with van der Waals surface area (Å²) in [4.78, 5) is 23.0. The SMILES string of the molecule is Cc1nn(C)c2nc(-c3ccco3)cc(C(=O)Nc3ccc4c(c3)nc3n4CCCCC3)c12. The summed E-state index contributed by atoms with van der Waals surface area (Å²) >= 11 is 0. The number of aromatic nitrogens is 5. The second kappa shape index (κ2) is 7.58. The Morgan fingerprint density at radius 2 is 2.03 bits per heavy atom. The molecular weight excluding hydrogens is 416 g/mol. The molecule has 0 spiro atoms. The first-order valence-electron chi connectivity index (χ1n) is 11.3. The van der Waals surface area contributed by atoms with Crippen molar-refractivity contribution in [2.75, 3.05) is 5.32 Å². The maximum atomic E-state index is 13.5. The number of hydrogen-bond donors (Lipinski definition) is 1. The summed E-state index contributed by atoms with van der Waals surface area (Å²) in [5.41, 5.74) is 5.25. The molecule has 8 heteroatoms. The first kappa shape index (κ1) is 19.7. The topological polar surface area (TPSA) is 90.8 Å². The van der Waals surface area contributed by atoms with Crippen LogP contribution < -0.4 is 5.32 Å². The molecule has 0 saturated heterocycles. The van der Waals surface area contributed by atoms with E-state index in [1.807, 2.05) is 32.2 Å². The Kier molecular flexibility index (Phi) is 4.53. The third-order valence-electron chi connectivity index (χ3n) is 6.35. The van der Waals surface area contributed by atoms with E-state index in [1.54, 1.807) is 23.1 Å². The van der Waals surface area contributed by atoms with E-state index in [0.717, 1.165) is 40.9 Å². The van der Waals surface area contributed by atoms with Crippen LogP contribution in [0.4, 0.5) is 5.69 Å². The molecule has 0 aliphatic carbocycles. The lowest BCUT2D eigenvalue weighted by atomic mass is 10.1. The Hall–Kier alpha value is -3.94. The lowest BCUT2D eigenvalue weighted by Gasteiger charge is -2.09. The molecule has 0 radical (unpaired) electrons. The Balaban J connectivity index is 1.40. The number of benzene rings is 1. The molecule has 1 aliphatic heterocycles. The number of aryl methyl sites for hydroxylation is 4. The van der Waals surface area contributed by atoms with E-state index in [0.29, 0.717) is 28.4 Å². The normalized spacial score (nSPS) is 13.9. The van der Waals surface area contributed by atoms with Crippen molar-refractivity contribution < 1.29 is 9.21 Å². The molecule has 5 aromatic rings. The molecule has 5 heterocycles. The van der Waals surface area contributed by atoms with E-state index in [2.05, 4.69) is 26.0 Å². The number of nitrogens with zero attached hydrogens (tertiary/aromatic N) is 5. The molecule has 0 unspecified atom stereocenters. The maximum absolute atomic E-state index is 13.5. The molecule has 4 aromatic heterocycles. The highest BCUT2D eigenvalue weighted by atomic mass is 16.3. The summed E-state index contributed by atoms with van der Waals surface area (Å²) in [7, 11) is 1.83. The fourth-order valence-corrected chi connectivity index (χ4v) is 4.80. The predicted octanol–water partition coefficient (Wildman–Crippen LogP) is 4.87. The van der Waals surface area contributed by atoms with E-state index >= 15 is 0 Å². The van der Waals surface area contributed by atoms with Crippen LogP contribution in [0, 0.1) is 6.92 Å². The summed E-state index contributed by atoms with van der Waals surface area (Å²) in [6.07, 6.45) is 6.19.